The fourth-order valence-electron chi connectivity index (χ4n) is 11.6. The van der Waals surface area contributed by atoms with Crippen LogP contribution in [0.2, 0.25) is 0 Å². The van der Waals surface area contributed by atoms with Gasteiger partial charge in [-0.3, -0.25) is 24.5 Å². The number of hydrogen-bond acceptors (Lipinski definition) is 12. The maximum atomic E-state index is 15.2. The second-order valence-corrected chi connectivity index (χ2v) is 19.1. The molecule has 4 amide bonds. The van der Waals surface area contributed by atoms with Gasteiger partial charge >= 0.3 is 0 Å². The average molecular weight is 884 g/mol. The van der Waals surface area contributed by atoms with Crippen LogP contribution < -0.4 is 35.4 Å². The van der Waals surface area contributed by atoms with Crippen molar-refractivity contribution in [3.63, 3.8) is 0 Å². The zero-order valence-corrected chi connectivity index (χ0v) is 36.9. The number of halogens is 2. The first kappa shape index (κ1) is 43.8. The number of hydrogen-bond donors (Lipinski definition) is 4. The van der Waals surface area contributed by atoms with Crippen molar-refractivity contribution in [1.82, 2.24) is 25.5 Å². The molecule has 0 bridgehead atoms. The third kappa shape index (κ3) is 8.25. The minimum absolute atomic E-state index is 0.0395. The predicted octanol–water partition coefficient (Wildman–Crippen LogP) is 5.39. The van der Waals surface area contributed by atoms with E-state index in [0.717, 1.165) is 76.8 Å². The molecule has 1 aromatic heterocycles. The van der Waals surface area contributed by atoms with Crippen LogP contribution >= 0.6 is 0 Å². The van der Waals surface area contributed by atoms with Crippen LogP contribution in [-0.4, -0.2) is 115 Å². The Balaban J connectivity index is 0.783. The number of aliphatic hydroxyl groups excluding tert-OH is 1. The molecule has 342 valence electrons. The lowest BCUT2D eigenvalue weighted by Crippen LogP contribution is -2.64. The third-order valence-electron chi connectivity index (χ3n) is 14.9. The zero-order valence-electron chi connectivity index (χ0n) is 36.9. The van der Waals surface area contributed by atoms with Crippen LogP contribution in [0, 0.1) is 23.0 Å². The molecular formula is C47H59F2N9O6. The molecule has 6 aliphatic rings. The second kappa shape index (κ2) is 17.5. The molecular weight excluding hydrogens is 825 g/mol. The zero-order chi connectivity index (χ0) is 44.9. The summed E-state index contributed by atoms with van der Waals surface area (Å²) >= 11 is 0. The minimum atomic E-state index is -1.02. The number of nitrogens with zero attached hydrogens (tertiary/aromatic N) is 6. The number of imide groups is 1. The average Bonchev–Trinajstić information content (AvgIpc) is 3.78. The number of aliphatic hydroxyl groups is 1. The Labute approximate surface area is 372 Å². The number of methoxy groups -OCH3 is 1. The van der Waals surface area contributed by atoms with E-state index in [0.29, 0.717) is 66.2 Å². The van der Waals surface area contributed by atoms with Crippen molar-refractivity contribution < 1.29 is 37.8 Å². The lowest BCUT2D eigenvalue weighted by Gasteiger charge is -2.59. The number of anilines is 5. The van der Waals surface area contributed by atoms with Gasteiger partial charge in [0.1, 0.15) is 29.1 Å². The van der Waals surface area contributed by atoms with E-state index in [2.05, 4.69) is 30.7 Å². The Bertz CT molecular complexity index is 2280. The number of fused-ring (bicyclic) bond motifs is 1. The standard InChI is InChI=1S/C47H59F2N9O6/c1-4-36-44(63)55(2)37-22-50-45(53-41(37)58(36)30-7-5-6-8-30)51-35-11-9-29(19-38(35)64-3)42(61)54-47(15-18-59)26-46(27-47)13-16-56(17-14-46)23-28-24-57(25-28)31-20-33(48)40(34(49)21-31)32-10-12-39(60)52-43(32)62/h9,11,19-22,28,30,32,36,59H,4-8,10,12-18,23-27H2,1-3H3,(H,54,61)(H,50,51,53)(H,52,60,62)/t32?,36-/m1/s1. The maximum absolute atomic E-state index is 15.2. The van der Waals surface area contributed by atoms with Crippen molar-refractivity contribution in [1.29, 1.82) is 0 Å². The van der Waals surface area contributed by atoms with Crippen LogP contribution in [0.25, 0.3) is 0 Å². The molecule has 2 saturated carbocycles. The monoisotopic (exact) mass is 883 g/mol. The molecule has 9 rings (SSSR count). The first-order valence-corrected chi connectivity index (χ1v) is 22.9. The van der Waals surface area contributed by atoms with Gasteiger partial charge in [0.15, 0.2) is 5.82 Å². The van der Waals surface area contributed by atoms with Gasteiger partial charge in [0.05, 0.1) is 24.9 Å². The molecule has 5 heterocycles. The molecule has 3 saturated heterocycles. The first-order valence-electron chi connectivity index (χ1n) is 22.9. The second-order valence-electron chi connectivity index (χ2n) is 19.1. The van der Waals surface area contributed by atoms with Crippen LogP contribution in [0.5, 0.6) is 5.75 Å². The Morgan fingerprint density at radius 1 is 1.03 bits per heavy atom. The van der Waals surface area contributed by atoms with Crippen molar-refractivity contribution >= 4 is 52.5 Å². The number of amides is 4. The van der Waals surface area contributed by atoms with Crippen molar-refractivity contribution in [3.8, 4) is 5.75 Å². The van der Waals surface area contributed by atoms with Crippen molar-refractivity contribution in [2.45, 2.75) is 108 Å². The van der Waals surface area contributed by atoms with E-state index in [4.69, 9.17) is 9.72 Å². The van der Waals surface area contributed by atoms with Gasteiger partial charge in [0.25, 0.3) is 5.91 Å². The van der Waals surface area contributed by atoms with Crippen LogP contribution in [-0.2, 0) is 14.4 Å². The van der Waals surface area contributed by atoms with Crippen LogP contribution in [0.15, 0.2) is 36.5 Å². The topological polar surface area (TPSA) is 173 Å². The first-order chi connectivity index (χ1) is 30.8. The fraction of sp³-hybridized carbons (Fsp3) is 0.574. The maximum Gasteiger partial charge on any atom is 0.251 e. The predicted molar refractivity (Wildman–Crippen MR) is 237 cm³/mol. The molecule has 2 aromatic carbocycles. The molecule has 4 N–H and O–H groups in total. The number of benzene rings is 2. The lowest BCUT2D eigenvalue weighted by atomic mass is 9.52. The largest absolute Gasteiger partial charge is 0.495 e. The summed E-state index contributed by atoms with van der Waals surface area (Å²) in [4.78, 5) is 68.8. The highest BCUT2D eigenvalue weighted by Gasteiger charge is 2.55. The molecule has 5 fully saturated rings. The summed E-state index contributed by atoms with van der Waals surface area (Å²) in [6.07, 6.45) is 10.8. The number of likely N-dealkylation sites (N-methyl/N-ethyl adjacent to an activating group) is 1. The summed E-state index contributed by atoms with van der Waals surface area (Å²) in [6, 6.07) is 7.77. The van der Waals surface area contributed by atoms with Crippen LogP contribution in [0.1, 0.15) is 106 Å². The Morgan fingerprint density at radius 3 is 2.41 bits per heavy atom. The summed E-state index contributed by atoms with van der Waals surface area (Å²) < 4.78 is 36.1. The number of carbonyl (C=O) groups is 4. The molecule has 0 radical (unpaired) electrons. The number of piperidine rings is 2. The Kier molecular flexibility index (Phi) is 12.0. The van der Waals surface area contributed by atoms with Crippen molar-refractivity contribution in [2.75, 3.05) is 73.5 Å². The molecule has 1 spiro atoms. The number of carbonyl (C=O) groups excluding carboxylic acids is 4. The van der Waals surface area contributed by atoms with Crippen molar-refractivity contribution in [3.05, 3.63) is 59.3 Å². The summed E-state index contributed by atoms with van der Waals surface area (Å²) in [5.74, 6) is -1.93. The van der Waals surface area contributed by atoms with E-state index < -0.39 is 34.9 Å². The molecule has 4 aliphatic heterocycles. The van der Waals surface area contributed by atoms with Gasteiger partial charge < -0.3 is 40.1 Å². The highest BCUT2D eigenvalue weighted by Crippen LogP contribution is 2.56. The quantitative estimate of drug-likeness (QED) is 0.162. The van der Waals surface area contributed by atoms with Crippen LogP contribution in [0.4, 0.5) is 37.6 Å². The molecule has 15 nitrogen and oxygen atoms in total. The minimum Gasteiger partial charge on any atom is -0.495 e. The molecule has 2 aliphatic carbocycles. The van der Waals surface area contributed by atoms with Gasteiger partial charge in [-0.05, 0) is 107 Å². The van der Waals surface area contributed by atoms with Gasteiger partial charge in [-0.2, -0.15) is 4.98 Å². The van der Waals surface area contributed by atoms with Gasteiger partial charge in [-0.15, -0.1) is 0 Å². The Hall–Kier alpha value is -5.42. The number of ether oxygens (including phenoxy) is 1. The molecule has 64 heavy (non-hydrogen) atoms. The molecule has 2 atom stereocenters. The van der Waals surface area contributed by atoms with E-state index in [1.807, 2.05) is 11.8 Å². The van der Waals surface area contributed by atoms with Crippen LogP contribution in [0.3, 0.4) is 0 Å². The van der Waals surface area contributed by atoms with E-state index >= 15 is 8.78 Å². The summed E-state index contributed by atoms with van der Waals surface area (Å²) in [6.45, 7) is 6.05. The smallest absolute Gasteiger partial charge is 0.251 e. The number of nitrogens with one attached hydrogen (secondary N) is 3. The lowest BCUT2D eigenvalue weighted by molar-refractivity contribution is -0.134. The van der Waals surface area contributed by atoms with Gasteiger partial charge in [-0.1, -0.05) is 19.8 Å². The summed E-state index contributed by atoms with van der Waals surface area (Å²) in [5.41, 5.74) is 1.45. The van der Waals surface area contributed by atoms with Gasteiger partial charge in [-0.25, -0.2) is 13.8 Å². The molecule has 3 aromatic rings. The third-order valence-corrected chi connectivity index (χ3v) is 14.9. The van der Waals surface area contributed by atoms with E-state index in [9.17, 15) is 24.3 Å². The summed E-state index contributed by atoms with van der Waals surface area (Å²) in [5, 5.41) is 18.9. The van der Waals surface area contributed by atoms with E-state index in [1.165, 1.54) is 12.1 Å². The van der Waals surface area contributed by atoms with E-state index in [-0.39, 0.29) is 54.3 Å². The highest BCUT2D eigenvalue weighted by molar-refractivity contribution is 6.04. The van der Waals surface area contributed by atoms with Gasteiger partial charge in [0.2, 0.25) is 23.7 Å². The molecule has 17 heteroatoms. The summed E-state index contributed by atoms with van der Waals surface area (Å²) in [7, 11) is 3.32. The normalized spacial score (nSPS) is 23.4. The van der Waals surface area contributed by atoms with Gasteiger partial charge in [0, 0.05) is 74.0 Å². The number of likely N-dealkylation sites (tertiary alicyclic amines) is 1. The number of aromatic nitrogens is 2. The van der Waals surface area contributed by atoms with E-state index in [1.54, 1.807) is 43.5 Å². The van der Waals surface area contributed by atoms with Crippen molar-refractivity contribution in [2.24, 2.45) is 11.3 Å². The fourth-order valence-corrected chi connectivity index (χ4v) is 11.6. The molecule has 1 unspecified atom stereocenters. The number of rotatable bonds is 13. The highest BCUT2D eigenvalue weighted by atomic mass is 19.1. The SMILES string of the molecule is CC[C@@H]1C(=O)N(C)c2cnc(Nc3ccc(C(=O)NC4(CCO)CC5(CCN(CC6CN(c7cc(F)c(C8CCC(=O)NC8=O)c(F)c7)C6)CC5)C4)cc3OC)nc2N1C1CCCC1. The Morgan fingerprint density at radius 2 is 1.75 bits per heavy atom.